The van der Waals surface area contributed by atoms with Crippen molar-refractivity contribution < 1.29 is 14.3 Å². The molecule has 2 amide bonds. The molecule has 0 unspecified atom stereocenters. The monoisotopic (exact) mass is 479 g/mol. The number of hydrogen-bond acceptors (Lipinski definition) is 4. The van der Waals surface area contributed by atoms with Crippen LogP contribution < -0.4 is 10.1 Å². The number of carbonyl (C=O) groups is 2. The van der Waals surface area contributed by atoms with Gasteiger partial charge in [-0.2, -0.15) is 0 Å². The standard InChI is InChI=1S/C21H23BrClN3O3/c22-16-5-6-19(18(23)13-16)29-12-2-4-20(27)25-17-7-10-26(11-8-17)21(28)15-3-1-9-24-14-15/h1,3,5-6,9,13-14,17H,2,4,7-8,10-12H2,(H,25,27). The van der Waals surface area contributed by atoms with E-state index in [2.05, 4.69) is 26.2 Å². The largest absolute Gasteiger partial charge is 0.492 e. The fourth-order valence-electron chi connectivity index (χ4n) is 3.21. The normalized spacial score (nSPS) is 14.5. The van der Waals surface area contributed by atoms with Gasteiger partial charge in [0, 0.05) is 42.4 Å². The summed E-state index contributed by atoms with van der Waals surface area (Å²) in [6.45, 7) is 1.68. The van der Waals surface area contributed by atoms with Crippen LogP contribution in [0.5, 0.6) is 5.75 Å². The number of hydrogen-bond donors (Lipinski definition) is 1. The SMILES string of the molecule is O=C(CCCOc1ccc(Br)cc1Cl)NC1CCN(C(=O)c2cccnc2)CC1. The van der Waals surface area contributed by atoms with Crippen LogP contribution in [-0.4, -0.2) is 47.4 Å². The van der Waals surface area contributed by atoms with Crippen molar-refractivity contribution in [3.05, 3.63) is 57.8 Å². The van der Waals surface area contributed by atoms with Crippen LogP contribution in [0, 0.1) is 0 Å². The molecule has 2 aromatic rings. The fourth-order valence-corrected chi connectivity index (χ4v) is 3.93. The van der Waals surface area contributed by atoms with E-state index < -0.39 is 0 Å². The summed E-state index contributed by atoms with van der Waals surface area (Å²) in [6.07, 6.45) is 5.74. The molecular formula is C21H23BrClN3O3. The van der Waals surface area contributed by atoms with Gasteiger partial charge in [0.25, 0.3) is 5.91 Å². The molecule has 1 fully saturated rings. The van der Waals surface area contributed by atoms with E-state index in [1.54, 1.807) is 36.7 Å². The Morgan fingerprint density at radius 2 is 2.07 bits per heavy atom. The minimum Gasteiger partial charge on any atom is -0.492 e. The van der Waals surface area contributed by atoms with Crippen molar-refractivity contribution in [2.45, 2.75) is 31.7 Å². The van der Waals surface area contributed by atoms with E-state index in [-0.39, 0.29) is 17.9 Å². The van der Waals surface area contributed by atoms with Gasteiger partial charge in [-0.1, -0.05) is 27.5 Å². The van der Waals surface area contributed by atoms with Crippen molar-refractivity contribution in [2.24, 2.45) is 0 Å². The van der Waals surface area contributed by atoms with Crippen molar-refractivity contribution in [3.8, 4) is 5.75 Å². The molecular weight excluding hydrogens is 458 g/mol. The van der Waals surface area contributed by atoms with Gasteiger partial charge in [-0.25, -0.2) is 0 Å². The lowest BCUT2D eigenvalue weighted by Crippen LogP contribution is -2.46. The average Bonchev–Trinajstić information content (AvgIpc) is 2.73. The van der Waals surface area contributed by atoms with Gasteiger partial charge in [0.15, 0.2) is 0 Å². The van der Waals surface area contributed by atoms with Crippen LogP contribution in [0.25, 0.3) is 0 Å². The Balaban J connectivity index is 1.34. The number of amides is 2. The molecule has 1 aliphatic rings. The van der Waals surface area contributed by atoms with Crippen molar-refractivity contribution in [3.63, 3.8) is 0 Å². The summed E-state index contributed by atoms with van der Waals surface area (Å²) in [5.41, 5.74) is 0.598. The topological polar surface area (TPSA) is 71.5 Å². The van der Waals surface area contributed by atoms with Crippen molar-refractivity contribution >= 4 is 39.3 Å². The molecule has 1 aromatic heterocycles. The summed E-state index contributed by atoms with van der Waals surface area (Å²) in [4.78, 5) is 30.4. The van der Waals surface area contributed by atoms with Crippen LogP contribution in [0.2, 0.25) is 5.02 Å². The van der Waals surface area contributed by atoms with Crippen LogP contribution in [0.15, 0.2) is 47.2 Å². The predicted octanol–water partition coefficient (Wildman–Crippen LogP) is 4.08. The molecule has 1 N–H and O–H groups in total. The van der Waals surface area contributed by atoms with Crippen LogP contribution in [0.1, 0.15) is 36.0 Å². The van der Waals surface area contributed by atoms with E-state index in [1.165, 1.54) is 0 Å². The highest BCUT2D eigenvalue weighted by molar-refractivity contribution is 9.10. The molecule has 0 bridgehead atoms. The molecule has 0 spiro atoms. The lowest BCUT2D eigenvalue weighted by molar-refractivity contribution is -0.122. The number of ether oxygens (including phenoxy) is 1. The van der Waals surface area contributed by atoms with Gasteiger partial charge in [-0.3, -0.25) is 14.6 Å². The highest BCUT2D eigenvalue weighted by Gasteiger charge is 2.24. The van der Waals surface area contributed by atoms with Gasteiger partial charge in [-0.05, 0) is 49.6 Å². The highest BCUT2D eigenvalue weighted by atomic mass is 79.9. The Hall–Kier alpha value is -2.12. The Morgan fingerprint density at radius 1 is 1.28 bits per heavy atom. The number of benzene rings is 1. The van der Waals surface area contributed by atoms with Crippen molar-refractivity contribution in [1.29, 1.82) is 0 Å². The molecule has 8 heteroatoms. The molecule has 154 valence electrons. The van der Waals surface area contributed by atoms with Gasteiger partial charge in [0.2, 0.25) is 5.91 Å². The zero-order valence-electron chi connectivity index (χ0n) is 15.9. The molecule has 6 nitrogen and oxygen atoms in total. The number of halogens is 2. The fraction of sp³-hybridized carbons (Fsp3) is 0.381. The lowest BCUT2D eigenvalue weighted by Gasteiger charge is -2.32. The number of likely N-dealkylation sites (tertiary alicyclic amines) is 1. The second kappa shape index (κ2) is 10.6. The first-order valence-corrected chi connectivity index (χ1v) is 10.8. The van der Waals surface area contributed by atoms with Crippen LogP contribution in [-0.2, 0) is 4.79 Å². The molecule has 0 atom stereocenters. The number of nitrogens with zero attached hydrogens (tertiary/aromatic N) is 2. The first kappa shape index (κ1) is 21.6. The first-order valence-electron chi connectivity index (χ1n) is 9.59. The number of rotatable bonds is 7. The maximum absolute atomic E-state index is 12.4. The average molecular weight is 481 g/mol. The van der Waals surface area contributed by atoms with Crippen molar-refractivity contribution in [1.82, 2.24) is 15.2 Å². The van der Waals surface area contributed by atoms with Gasteiger partial charge in [0.05, 0.1) is 17.2 Å². The molecule has 3 rings (SSSR count). The van der Waals surface area contributed by atoms with E-state index in [1.807, 2.05) is 11.0 Å². The zero-order chi connectivity index (χ0) is 20.6. The van der Waals surface area contributed by atoms with E-state index in [4.69, 9.17) is 16.3 Å². The second-order valence-corrected chi connectivity index (χ2v) is 8.23. The van der Waals surface area contributed by atoms with Crippen LogP contribution in [0.4, 0.5) is 0 Å². The number of nitrogens with one attached hydrogen (secondary N) is 1. The maximum atomic E-state index is 12.4. The Bertz CT molecular complexity index is 842. The summed E-state index contributed by atoms with van der Waals surface area (Å²) >= 11 is 9.46. The molecule has 1 saturated heterocycles. The van der Waals surface area contributed by atoms with E-state index in [9.17, 15) is 9.59 Å². The second-order valence-electron chi connectivity index (χ2n) is 6.90. The van der Waals surface area contributed by atoms with Gasteiger partial charge >= 0.3 is 0 Å². The lowest BCUT2D eigenvalue weighted by atomic mass is 10.0. The van der Waals surface area contributed by atoms with Gasteiger partial charge in [0.1, 0.15) is 5.75 Å². The Kier molecular flexibility index (Phi) is 7.89. The number of carbonyl (C=O) groups excluding carboxylic acids is 2. The van der Waals surface area contributed by atoms with Crippen LogP contribution >= 0.6 is 27.5 Å². The first-order chi connectivity index (χ1) is 14.0. The van der Waals surface area contributed by atoms with E-state index >= 15 is 0 Å². The quantitative estimate of drug-likeness (QED) is 0.606. The molecule has 2 heterocycles. The minimum atomic E-state index is -0.00775. The summed E-state index contributed by atoms with van der Waals surface area (Å²) in [7, 11) is 0. The summed E-state index contributed by atoms with van der Waals surface area (Å²) in [5, 5.41) is 3.60. The van der Waals surface area contributed by atoms with Crippen LogP contribution in [0.3, 0.4) is 0 Å². The molecule has 1 aromatic carbocycles. The molecule has 29 heavy (non-hydrogen) atoms. The zero-order valence-corrected chi connectivity index (χ0v) is 18.3. The molecule has 0 saturated carbocycles. The van der Waals surface area contributed by atoms with Gasteiger partial charge < -0.3 is 15.0 Å². The minimum absolute atomic E-state index is 0.00698. The van der Waals surface area contributed by atoms with E-state index in [0.29, 0.717) is 48.9 Å². The number of piperidine rings is 1. The smallest absolute Gasteiger partial charge is 0.255 e. The Morgan fingerprint density at radius 3 is 2.76 bits per heavy atom. The third-order valence-corrected chi connectivity index (χ3v) is 5.54. The number of pyridine rings is 1. The van der Waals surface area contributed by atoms with Gasteiger partial charge in [-0.15, -0.1) is 0 Å². The number of aromatic nitrogens is 1. The highest BCUT2D eigenvalue weighted by Crippen LogP contribution is 2.27. The predicted molar refractivity (Wildman–Crippen MR) is 115 cm³/mol. The summed E-state index contributed by atoms with van der Waals surface area (Å²) in [5.74, 6) is 0.611. The van der Waals surface area contributed by atoms with Crippen molar-refractivity contribution in [2.75, 3.05) is 19.7 Å². The summed E-state index contributed by atoms with van der Waals surface area (Å²) in [6, 6.07) is 9.06. The molecule has 0 aliphatic carbocycles. The molecule has 1 aliphatic heterocycles. The maximum Gasteiger partial charge on any atom is 0.255 e. The molecule has 0 radical (unpaired) electrons. The Labute approximate surface area is 183 Å². The third-order valence-electron chi connectivity index (χ3n) is 4.76. The third kappa shape index (κ3) is 6.44. The summed E-state index contributed by atoms with van der Waals surface area (Å²) < 4.78 is 6.52. The van der Waals surface area contributed by atoms with E-state index in [0.717, 1.165) is 17.3 Å².